The van der Waals surface area contributed by atoms with Crippen molar-refractivity contribution < 1.29 is 4.39 Å². The molecule has 1 aromatic heterocycles. The predicted molar refractivity (Wildman–Crippen MR) is 83.4 cm³/mol. The van der Waals surface area contributed by atoms with Gasteiger partial charge >= 0.3 is 0 Å². The Morgan fingerprint density at radius 2 is 2.10 bits per heavy atom. The van der Waals surface area contributed by atoms with Crippen LogP contribution in [0.25, 0.3) is 0 Å². The standard InChI is InChI=1S/C16H21FN2S/c1-11-9-13(17)6-7-14(11)15(10-18)19(3)12(2)16-5-4-8-20-16/h4-9,12,15H,10,18H2,1-3H3. The summed E-state index contributed by atoms with van der Waals surface area (Å²) < 4.78 is 13.3. The highest BCUT2D eigenvalue weighted by Crippen LogP contribution is 2.31. The van der Waals surface area contributed by atoms with Crippen LogP contribution in [0.15, 0.2) is 35.7 Å². The maximum Gasteiger partial charge on any atom is 0.123 e. The average molecular weight is 292 g/mol. The molecule has 2 rings (SSSR count). The summed E-state index contributed by atoms with van der Waals surface area (Å²) in [5, 5.41) is 2.08. The number of rotatable bonds is 5. The SMILES string of the molecule is Cc1cc(F)ccc1C(CN)N(C)C(C)c1cccs1. The molecule has 1 aromatic carbocycles. The van der Waals surface area contributed by atoms with E-state index in [1.165, 1.54) is 10.9 Å². The topological polar surface area (TPSA) is 29.3 Å². The molecule has 0 aliphatic carbocycles. The second kappa shape index (κ2) is 6.48. The molecule has 2 N–H and O–H groups in total. The van der Waals surface area contributed by atoms with E-state index in [2.05, 4.69) is 36.4 Å². The predicted octanol–water partition coefficient (Wildman–Crippen LogP) is 3.89. The van der Waals surface area contributed by atoms with Crippen molar-refractivity contribution in [2.24, 2.45) is 5.73 Å². The van der Waals surface area contributed by atoms with Crippen molar-refractivity contribution in [1.29, 1.82) is 0 Å². The molecule has 1 heterocycles. The molecule has 0 amide bonds. The lowest BCUT2D eigenvalue weighted by Crippen LogP contribution is -2.32. The van der Waals surface area contributed by atoms with Gasteiger partial charge in [-0.3, -0.25) is 4.90 Å². The van der Waals surface area contributed by atoms with E-state index < -0.39 is 0 Å². The van der Waals surface area contributed by atoms with E-state index in [4.69, 9.17) is 5.73 Å². The third kappa shape index (κ3) is 3.08. The lowest BCUT2D eigenvalue weighted by molar-refractivity contribution is 0.192. The summed E-state index contributed by atoms with van der Waals surface area (Å²) in [6, 6.07) is 9.50. The van der Waals surface area contributed by atoms with E-state index in [9.17, 15) is 4.39 Å². The third-order valence-corrected chi connectivity index (χ3v) is 4.91. The normalized spacial score (nSPS) is 14.5. The Bertz CT molecular complexity index is 554. The van der Waals surface area contributed by atoms with E-state index in [1.54, 1.807) is 17.4 Å². The van der Waals surface area contributed by atoms with E-state index in [0.717, 1.165) is 11.1 Å². The summed E-state index contributed by atoms with van der Waals surface area (Å²) in [4.78, 5) is 3.57. The van der Waals surface area contributed by atoms with Crippen molar-refractivity contribution in [2.75, 3.05) is 13.6 Å². The van der Waals surface area contributed by atoms with Crippen molar-refractivity contribution in [3.8, 4) is 0 Å². The highest BCUT2D eigenvalue weighted by atomic mass is 32.1. The van der Waals surface area contributed by atoms with Crippen LogP contribution in [0.3, 0.4) is 0 Å². The minimum Gasteiger partial charge on any atom is -0.329 e. The first-order valence-corrected chi connectivity index (χ1v) is 7.64. The zero-order valence-electron chi connectivity index (χ0n) is 12.1. The Morgan fingerprint density at radius 3 is 2.65 bits per heavy atom. The molecule has 2 nitrogen and oxygen atoms in total. The number of hydrogen-bond donors (Lipinski definition) is 1. The maximum atomic E-state index is 13.3. The fraction of sp³-hybridized carbons (Fsp3) is 0.375. The largest absolute Gasteiger partial charge is 0.329 e. The van der Waals surface area contributed by atoms with Gasteiger partial charge in [-0.2, -0.15) is 0 Å². The van der Waals surface area contributed by atoms with Crippen LogP contribution in [0, 0.1) is 12.7 Å². The summed E-state index contributed by atoms with van der Waals surface area (Å²) in [6.45, 7) is 4.62. The summed E-state index contributed by atoms with van der Waals surface area (Å²) in [5.74, 6) is -0.198. The minimum absolute atomic E-state index is 0.0905. The minimum atomic E-state index is -0.198. The van der Waals surface area contributed by atoms with Crippen LogP contribution in [-0.4, -0.2) is 18.5 Å². The molecule has 2 aromatic rings. The van der Waals surface area contributed by atoms with Gasteiger partial charge < -0.3 is 5.73 Å². The molecule has 0 spiro atoms. The fourth-order valence-electron chi connectivity index (χ4n) is 2.53. The summed E-state index contributed by atoms with van der Waals surface area (Å²) in [5.41, 5.74) is 8.02. The zero-order valence-corrected chi connectivity index (χ0v) is 13.0. The smallest absolute Gasteiger partial charge is 0.123 e. The number of thiophene rings is 1. The number of likely N-dealkylation sites (N-methyl/N-ethyl adjacent to an activating group) is 1. The Hall–Kier alpha value is -1.23. The Balaban J connectivity index is 2.27. The van der Waals surface area contributed by atoms with Crippen LogP contribution in [0.4, 0.5) is 4.39 Å². The summed E-state index contributed by atoms with van der Waals surface area (Å²) >= 11 is 1.75. The average Bonchev–Trinajstić information content (AvgIpc) is 2.94. The van der Waals surface area contributed by atoms with E-state index in [1.807, 2.05) is 13.0 Å². The Morgan fingerprint density at radius 1 is 1.35 bits per heavy atom. The molecule has 0 bridgehead atoms. The molecule has 108 valence electrons. The molecule has 0 saturated heterocycles. The monoisotopic (exact) mass is 292 g/mol. The van der Waals surface area contributed by atoms with Crippen molar-refractivity contribution >= 4 is 11.3 Å². The molecular formula is C16H21FN2S. The van der Waals surface area contributed by atoms with E-state index >= 15 is 0 Å². The van der Waals surface area contributed by atoms with Gasteiger partial charge in [0.05, 0.1) is 0 Å². The van der Waals surface area contributed by atoms with Gasteiger partial charge in [0.25, 0.3) is 0 Å². The van der Waals surface area contributed by atoms with Gasteiger partial charge in [-0.15, -0.1) is 11.3 Å². The first-order chi connectivity index (χ1) is 9.54. The van der Waals surface area contributed by atoms with Crippen molar-refractivity contribution in [1.82, 2.24) is 4.90 Å². The molecule has 0 radical (unpaired) electrons. The molecule has 2 atom stereocenters. The van der Waals surface area contributed by atoms with Gasteiger partial charge in [0.15, 0.2) is 0 Å². The number of nitrogens with zero attached hydrogens (tertiary/aromatic N) is 1. The van der Waals surface area contributed by atoms with Gasteiger partial charge in [0.1, 0.15) is 5.82 Å². The van der Waals surface area contributed by atoms with Gasteiger partial charge in [0.2, 0.25) is 0 Å². The fourth-order valence-corrected chi connectivity index (χ4v) is 3.36. The first kappa shape index (κ1) is 15.2. The van der Waals surface area contributed by atoms with Crippen LogP contribution in [-0.2, 0) is 0 Å². The van der Waals surface area contributed by atoms with Gasteiger partial charge in [-0.1, -0.05) is 12.1 Å². The maximum absolute atomic E-state index is 13.3. The first-order valence-electron chi connectivity index (χ1n) is 6.76. The second-order valence-corrected chi connectivity index (χ2v) is 6.09. The molecule has 0 aliphatic rings. The molecule has 0 saturated carbocycles. The highest BCUT2D eigenvalue weighted by molar-refractivity contribution is 7.10. The van der Waals surface area contributed by atoms with Crippen LogP contribution in [0.1, 0.15) is 35.0 Å². The lowest BCUT2D eigenvalue weighted by atomic mass is 9.99. The summed E-state index contributed by atoms with van der Waals surface area (Å²) in [6.07, 6.45) is 0. The van der Waals surface area contributed by atoms with E-state index in [0.29, 0.717) is 6.54 Å². The quantitative estimate of drug-likeness (QED) is 0.906. The molecular weight excluding hydrogens is 271 g/mol. The van der Waals surface area contributed by atoms with Gasteiger partial charge in [-0.05, 0) is 55.6 Å². The summed E-state index contributed by atoms with van der Waals surface area (Å²) in [7, 11) is 2.07. The molecule has 0 aliphatic heterocycles. The van der Waals surface area contributed by atoms with Crippen LogP contribution >= 0.6 is 11.3 Å². The molecule has 20 heavy (non-hydrogen) atoms. The van der Waals surface area contributed by atoms with Crippen molar-refractivity contribution in [3.05, 3.63) is 57.5 Å². The third-order valence-electron chi connectivity index (χ3n) is 3.87. The molecule has 0 fully saturated rings. The Kier molecular flexibility index (Phi) is 4.91. The van der Waals surface area contributed by atoms with Gasteiger partial charge in [0, 0.05) is 23.5 Å². The van der Waals surface area contributed by atoms with Crippen LogP contribution in [0.2, 0.25) is 0 Å². The number of aryl methyl sites for hydroxylation is 1. The highest BCUT2D eigenvalue weighted by Gasteiger charge is 2.23. The lowest BCUT2D eigenvalue weighted by Gasteiger charge is -2.33. The molecule has 2 unspecified atom stereocenters. The van der Waals surface area contributed by atoms with Crippen molar-refractivity contribution in [2.45, 2.75) is 25.9 Å². The van der Waals surface area contributed by atoms with Crippen LogP contribution in [0.5, 0.6) is 0 Å². The second-order valence-electron chi connectivity index (χ2n) is 5.11. The Labute approximate surface area is 124 Å². The number of hydrogen-bond acceptors (Lipinski definition) is 3. The number of nitrogens with two attached hydrogens (primary N) is 1. The van der Waals surface area contributed by atoms with Crippen LogP contribution < -0.4 is 5.73 Å². The number of halogens is 1. The van der Waals surface area contributed by atoms with E-state index in [-0.39, 0.29) is 17.9 Å². The molecule has 4 heteroatoms. The van der Waals surface area contributed by atoms with Gasteiger partial charge in [-0.25, -0.2) is 4.39 Å². The zero-order chi connectivity index (χ0) is 14.7. The van der Waals surface area contributed by atoms with Crippen molar-refractivity contribution in [3.63, 3.8) is 0 Å². The number of benzene rings is 1.